The molecule has 1 fully saturated rings. The highest BCUT2D eigenvalue weighted by molar-refractivity contribution is 7.89. The molecule has 4 rings (SSSR count). The molecule has 0 saturated carbocycles. The summed E-state index contributed by atoms with van der Waals surface area (Å²) in [6.07, 6.45) is 1.47. The van der Waals surface area contributed by atoms with E-state index in [-0.39, 0.29) is 12.1 Å². The number of sulfonamides is 1. The quantitative estimate of drug-likeness (QED) is 0.480. The maximum atomic E-state index is 12.7. The van der Waals surface area contributed by atoms with Crippen molar-refractivity contribution in [2.45, 2.75) is 37.6 Å². The minimum Gasteiger partial charge on any atom is -0.337 e. The number of likely N-dealkylation sites (tertiary alicyclic amines) is 1. The minimum absolute atomic E-state index is 0.0830. The highest BCUT2D eigenvalue weighted by Gasteiger charge is 2.25. The molecule has 0 aliphatic carbocycles. The van der Waals surface area contributed by atoms with E-state index in [2.05, 4.69) is 25.2 Å². The summed E-state index contributed by atoms with van der Waals surface area (Å²) in [6.45, 7) is 6.48. The maximum Gasteiger partial charge on any atom is 0.319 e. The van der Waals surface area contributed by atoms with Gasteiger partial charge in [-0.1, -0.05) is 36.4 Å². The molecule has 1 aliphatic rings. The third kappa shape index (κ3) is 5.91. The molecule has 180 valence electrons. The lowest BCUT2D eigenvalue weighted by Crippen LogP contribution is -2.46. The fraction of sp³-hybridized carbons (Fsp3) is 0.360. The Balaban J connectivity index is 1.22. The van der Waals surface area contributed by atoms with E-state index in [0.717, 1.165) is 53.8 Å². The van der Waals surface area contributed by atoms with Crippen LogP contribution in [0.25, 0.3) is 10.9 Å². The molecule has 2 amide bonds. The average molecular weight is 482 g/mol. The molecule has 0 bridgehead atoms. The Morgan fingerprint density at radius 3 is 2.53 bits per heavy atom. The number of aryl methyl sites for hydroxylation is 2. The Morgan fingerprint density at radius 1 is 1.06 bits per heavy atom. The number of fused-ring (bicyclic) bond motifs is 1. The Morgan fingerprint density at radius 2 is 1.76 bits per heavy atom. The first-order valence-electron chi connectivity index (χ1n) is 11.5. The molecule has 8 nitrogen and oxygen atoms in total. The van der Waals surface area contributed by atoms with Crippen LogP contribution in [-0.4, -0.2) is 56.6 Å². The van der Waals surface area contributed by atoms with Gasteiger partial charge >= 0.3 is 6.03 Å². The van der Waals surface area contributed by atoms with Crippen LogP contribution in [0.15, 0.2) is 59.5 Å². The van der Waals surface area contributed by atoms with E-state index in [1.54, 1.807) is 25.1 Å². The van der Waals surface area contributed by atoms with Gasteiger partial charge in [-0.05, 0) is 63.5 Å². The number of anilines is 1. The third-order valence-corrected chi connectivity index (χ3v) is 7.78. The number of aromatic nitrogens is 1. The fourth-order valence-corrected chi connectivity index (χ4v) is 5.87. The zero-order chi connectivity index (χ0) is 24.1. The Labute approximate surface area is 200 Å². The first-order valence-corrected chi connectivity index (χ1v) is 13.0. The number of hydrogen-bond acceptors (Lipinski definition) is 5. The molecule has 34 heavy (non-hydrogen) atoms. The number of urea groups is 1. The van der Waals surface area contributed by atoms with Gasteiger partial charge < -0.3 is 15.5 Å². The number of para-hydroxylation sites is 1. The van der Waals surface area contributed by atoms with Gasteiger partial charge in [0.2, 0.25) is 10.0 Å². The molecule has 3 aromatic rings. The topological polar surface area (TPSA) is 103 Å². The van der Waals surface area contributed by atoms with Crippen molar-refractivity contribution in [1.29, 1.82) is 0 Å². The molecule has 0 spiro atoms. The lowest BCUT2D eigenvalue weighted by molar-refractivity contribution is 0.206. The van der Waals surface area contributed by atoms with Crippen LogP contribution in [0.5, 0.6) is 0 Å². The summed E-state index contributed by atoms with van der Waals surface area (Å²) in [4.78, 5) is 19.5. The van der Waals surface area contributed by atoms with Crippen molar-refractivity contribution < 1.29 is 13.2 Å². The molecule has 2 aromatic carbocycles. The summed E-state index contributed by atoms with van der Waals surface area (Å²) in [6, 6.07) is 16.3. The van der Waals surface area contributed by atoms with Crippen molar-refractivity contribution in [3.63, 3.8) is 0 Å². The van der Waals surface area contributed by atoms with E-state index in [0.29, 0.717) is 18.0 Å². The third-order valence-electron chi connectivity index (χ3n) is 6.10. The normalized spacial score (nSPS) is 15.4. The summed E-state index contributed by atoms with van der Waals surface area (Å²) in [5.74, 6) is 0. The van der Waals surface area contributed by atoms with Crippen LogP contribution >= 0.6 is 0 Å². The number of carbonyl (C=O) groups is 1. The van der Waals surface area contributed by atoms with Gasteiger partial charge in [0.25, 0.3) is 0 Å². The van der Waals surface area contributed by atoms with E-state index in [9.17, 15) is 13.2 Å². The van der Waals surface area contributed by atoms with Crippen LogP contribution in [-0.2, 0) is 10.0 Å². The highest BCUT2D eigenvalue weighted by atomic mass is 32.2. The van der Waals surface area contributed by atoms with Crippen molar-refractivity contribution >= 4 is 32.6 Å². The Kier molecular flexibility index (Phi) is 7.45. The van der Waals surface area contributed by atoms with E-state index < -0.39 is 10.0 Å². The van der Waals surface area contributed by atoms with Crippen LogP contribution in [0, 0.1) is 13.8 Å². The van der Waals surface area contributed by atoms with E-state index >= 15 is 0 Å². The first-order chi connectivity index (χ1) is 16.3. The van der Waals surface area contributed by atoms with Crippen LogP contribution in [0.1, 0.15) is 24.1 Å². The predicted octanol–water partition coefficient (Wildman–Crippen LogP) is 3.42. The number of pyridine rings is 1. The van der Waals surface area contributed by atoms with E-state index in [4.69, 9.17) is 0 Å². The molecular formula is C25H31N5O3S. The average Bonchev–Trinajstić information content (AvgIpc) is 2.80. The molecule has 3 N–H and O–H groups in total. The van der Waals surface area contributed by atoms with Crippen molar-refractivity contribution in [2.24, 2.45) is 0 Å². The van der Waals surface area contributed by atoms with Gasteiger partial charge in [0.1, 0.15) is 0 Å². The lowest BCUT2D eigenvalue weighted by Gasteiger charge is -2.32. The highest BCUT2D eigenvalue weighted by Crippen LogP contribution is 2.23. The molecule has 9 heteroatoms. The van der Waals surface area contributed by atoms with E-state index in [1.807, 2.05) is 43.3 Å². The number of nitrogens with one attached hydrogen (secondary N) is 3. The molecule has 0 unspecified atom stereocenters. The first kappa shape index (κ1) is 24.1. The summed E-state index contributed by atoms with van der Waals surface area (Å²) < 4.78 is 28.3. The maximum absolute atomic E-state index is 12.7. The van der Waals surface area contributed by atoms with Crippen LogP contribution in [0.4, 0.5) is 10.5 Å². The standard InChI is InChI=1S/C25H31N5O3S/c1-18-7-3-6-10-24(18)34(32,33)29-20-11-14-30(15-12-20)16-13-26-25(31)28-23-17-19(2)27-22-9-5-4-8-21(22)23/h3-10,17,20,29H,11-16H2,1-2H3,(H2,26,27,28,31). The van der Waals surface area contributed by atoms with Gasteiger partial charge in [-0.15, -0.1) is 0 Å². The van der Waals surface area contributed by atoms with Gasteiger partial charge in [-0.3, -0.25) is 4.98 Å². The summed E-state index contributed by atoms with van der Waals surface area (Å²) in [5, 5.41) is 6.75. The van der Waals surface area contributed by atoms with Crippen LogP contribution < -0.4 is 15.4 Å². The van der Waals surface area contributed by atoms with Crippen molar-refractivity contribution in [2.75, 3.05) is 31.5 Å². The number of hydrogen-bond donors (Lipinski definition) is 3. The van der Waals surface area contributed by atoms with Gasteiger partial charge in [0, 0.05) is 30.2 Å². The lowest BCUT2D eigenvalue weighted by atomic mass is 10.1. The second-order valence-electron chi connectivity index (χ2n) is 8.71. The van der Waals surface area contributed by atoms with Crippen molar-refractivity contribution in [3.05, 3.63) is 65.9 Å². The number of amides is 2. The predicted molar refractivity (Wildman–Crippen MR) is 134 cm³/mol. The SMILES string of the molecule is Cc1cc(NC(=O)NCCN2CCC(NS(=O)(=O)c3ccccc3C)CC2)c2ccccc2n1. The van der Waals surface area contributed by atoms with Gasteiger partial charge in [-0.2, -0.15) is 0 Å². The second-order valence-corrected chi connectivity index (χ2v) is 10.4. The van der Waals surface area contributed by atoms with Gasteiger partial charge in [0.15, 0.2) is 0 Å². The molecule has 0 radical (unpaired) electrons. The number of rotatable bonds is 7. The molecule has 0 atom stereocenters. The number of piperidine rings is 1. The monoisotopic (exact) mass is 481 g/mol. The summed E-state index contributed by atoms with van der Waals surface area (Å²) in [5.41, 5.74) is 3.17. The molecule has 1 saturated heterocycles. The molecule has 1 aromatic heterocycles. The number of benzene rings is 2. The van der Waals surface area contributed by atoms with Crippen LogP contribution in [0.3, 0.4) is 0 Å². The zero-order valence-corrected chi connectivity index (χ0v) is 20.4. The van der Waals surface area contributed by atoms with Gasteiger partial charge in [0.05, 0.1) is 16.1 Å². The van der Waals surface area contributed by atoms with Crippen molar-refractivity contribution in [1.82, 2.24) is 19.9 Å². The van der Waals surface area contributed by atoms with Crippen LogP contribution in [0.2, 0.25) is 0 Å². The van der Waals surface area contributed by atoms with Crippen molar-refractivity contribution in [3.8, 4) is 0 Å². The number of nitrogens with zero attached hydrogens (tertiary/aromatic N) is 2. The van der Waals surface area contributed by atoms with Gasteiger partial charge in [-0.25, -0.2) is 17.9 Å². The van der Waals surface area contributed by atoms with E-state index in [1.165, 1.54) is 0 Å². The molecule has 1 aliphatic heterocycles. The number of carbonyl (C=O) groups excluding carboxylic acids is 1. The minimum atomic E-state index is -3.52. The Hall–Kier alpha value is -3.01. The Bertz CT molecular complexity index is 1270. The molecular weight excluding hydrogens is 450 g/mol. The second kappa shape index (κ2) is 10.5. The molecule has 2 heterocycles. The smallest absolute Gasteiger partial charge is 0.319 e. The summed E-state index contributed by atoms with van der Waals surface area (Å²) >= 11 is 0. The summed E-state index contributed by atoms with van der Waals surface area (Å²) in [7, 11) is -3.52. The fourth-order valence-electron chi connectivity index (χ4n) is 4.32. The largest absolute Gasteiger partial charge is 0.337 e. The zero-order valence-electron chi connectivity index (χ0n) is 19.5.